The van der Waals surface area contributed by atoms with Gasteiger partial charge in [-0.05, 0) is 41.4 Å². The van der Waals surface area contributed by atoms with Gasteiger partial charge < -0.3 is 4.74 Å². The molecule has 4 aromatic rings. The van der Waals surface area contributed by atoms with Crippen molar-refractivity contribution < 1.29 is 9.53 Å². The summed E-state index contributed by atoms with van der Waals surface area (Å²) in [5, 5.41) is 1.97. The van der Waals surface area contributed by atoms with E-state index in [1.165, 1.54) is 11.8 Å². The predicted molar refractivity (Wildman–Crippen MR) is 119 cm³/mol. The summed E-state index contributed by atoms with van der Waals surface area (Å²) in [6.45, 7) is 0. The van der Waals surface area contributed by atoms with Crippen LogP contribution in [-0.4, -0.2) is 16.0 Å². The third-order valence-corrected chi connectivity index (χ3v) is 6.21. The van der Waals surface area contributed by atoms with E-state index in [9.17, 15) is 4.79 Å². The minimum Gasteiger partial charge on any atom is -0.437 e. The van der Waals surface area contributed by atoms with Crippen molar-refractivity contribution in [2.45, 2.75) is 4.90 Å². The summed E-state index contributed by atoms with van der Waals surface area (Å²) in [7, 11) is 0. The monoisotopic (exact) mass is 406 g/mol. The van der Waals surface area contributed by atoms with E-state index >= 15 is 0 Å². The van der Waals surface area contributed by atoms with Gasteiger partial charge in [0.15, 0.2) is 0 Å². The van der Waals surface area contributed by atoms with Crippen LogP contribution >= 0.6 is 11.8 Å². The van der Waals surface area contributed by atoms with Gasteiger partial charge >= 0.3 is 0 Å². The van der Waals surface area contributed by atoms with E-state index in [0.717, 1.165) is 38.1 Å². The number of carbonyl (C=O) groups excluding carboxylic acids is 1. The zero-order valence-electron chi connectivity index (χ0n) is 15.7. The number of aromatic nitrogens is 1. The van der Waals surface area contributed by atoms with Crippen molar-refractivity contribution >= 4 is 44.8 Å². The van der Waals surface area contributed by atoms with Gasteiger partial charge in [-0.1, -0.05) is 48.5 Å². The number of rotatable bonds is 1. The van der Waals surface area contributed by atoms with Crippen LogP contribution in [-0.2, 0) is 4.79 Å². The summed E-state index contributed by atoms with van der Waals surface area (Å²) < 4.78 is 6.35. The lowest BCUT2D eigenvalue weighted by molar-refractivity contribution is -0.107. The number of hydrogen-bond acceptors (Lipinski definition) is 5. The number of ether oxygens (including phenoxy) is 1. The molecule has 0 spiro atoms. The number of nitrogens with zero attached hydrogens (tertiary/aromatic N) is 2. The molecule has 2 aliphatic rings. The second-order valence-corrected chi connectivity index (χ2v) is 8.05. The van der Waals surface area contributed by atoms with Crippen molar-refractivity contribution in [3.63, 3.8) is 0 Å². The Morgan fingerprint density at radius 2 is 1.70 bits per heavy atom. The SMILES string of the molecule is O=C1Sc2ccccc2N=C2Oc3c(ccc4ccccc34)C(c3cccnc3)=C12. The first-order valence-electron chi connectivity index (χ1n) is 9.54. The fourth-order valence-corrected chi connectivity index (χ4v) is 4.77. The van der Waals surface area contributed by atoms with Gasteiger partial charge in [-0.3, -0.25) is 9.78 Å². The van der Waals surface area contributed by atoms with Crippen LogP contribution < -0.4 is 4.74 Å². The molecular weight excluding hydrogens is 392 g/mol. The van der Waals surface area contributed by atoms with Crippen molar-refractivity contribution in [3.05, 3.63) is 102 Å². The Labute approximate surface area is 176 Å². The molecule has 0 fully saturated rings. The second-order valence-electron chi connectivity index (χ2n) is 7.03. The Bertz CT molecular complexity index is 1410. The smallest absolute Gasteiger partial charge is 0.232 e. The zero-order valence-corrected chi connectivity index (χ0v) is 16.5. The first kappa shape index (κ1) is 17.2. The molecule has 0 unspecified atom stereocenters. The normalized spacial score (nSPS) is 14.9. The molecule has 0 aliphatic carbocycles. The molecule has 0 saturated heterocycles. The molecule has 5 heteroatoms. The topological polar surface area (TPSA) is 51.5 Å². The molecule has 3 aromatic carbocycles. The Balaban J connectivity index is 1.72. The summed E-state index contributed by atoms with van der Waals surface area (Å²) in [5.74, 6) is 1.05. The third kappa shape index (κ3) is 2.60. The van der Waals surface area contributed by atoms with Gasteiger partial charge in [0.2, 0.25) is 11.0 Å². The van der Waals surface area contributed by atoms with Crippen LogP contribution in [0.2, 0.25) is 0 Å². The van der Waals surface area contributed by atoms with Crippen LogP contribution in [0.4, 0.5) is 5.69 Å². The quantitative estimate of drug-likeness (QED) is 0.401. The zero-order chi connectivity index (χ0) is 20.1. The van der Waals surface area contributed by atoms with Crippen molar-refractivity contribution in [2.24, 2.45) is 4.99 Å². The maximum atomic E-state index is 13.4. The number of pyridine rings is 1. The van der Waals surface area contributed by atoms with Crippen molar-refractivity contribution in [2.75, 3.05) is 0 Å². The second kappa shape index (κ2) is 6.68. The van der Waals surface area contributed by atoms with Crippen molar-refractivity contribution in [3.8, 4) is 5.75 Å². The third-order valence-electron chi connectivity index (χ3n) is 5.26. The first-order valence-corrected chi connectivity index (χ1v) is 10.4. The average Bonchev–Trinajstić information content (AvgIpc) is 2.93. The van der Waals surface area contributed by atoms with E-state index in [-0.39, 0.29) is 5.12 Å². The summed E-state index contributed by atoms with van der Waals surface area (Å²) in [6.07, 6.45) is 3.50. The molecule has 3 heterocycles. The average molecular weight is 406 g/mol. The molecule has 0 bridgehead atoms. The Morgan fingerprint density at radius 3 is 2.60 bits per heavy atom. The van der Waals surface area contributed by atoms with E-state index in [2.05, 4.69) is 11.1 Å². The minimum absolute atomic E-state index is 0.0867. The molecule has 2 aliphatic heterocycles. The number of carbonyl (C=O) groups is 1. The van der Waals surface area contributed by atoms with Gasteiger partial charge in [0, 0.05) is 39.4 Å². The lowest BCUT2D eigenvalue weighted by Gasteiger charge is -2.24. The molecule has 30 heavy (non-hydrogen) atoms. The number of para-hydroxylation sites is 1. The highest BCUT2D eigenvalue weighted by atomic mass is 32.2. The Morgan fingerprint density at radius 1 is 0.833 bits per heavy atom. The number of benzene rings is 3. The number of aliphatic imine (C=N–C) groups is 1. The van der Waals surface area contributed by atoms with Gasteiger partial charge in [-0.15, -0.1) is 0 Å². The molecule has 0 radical (unpaired) electrons. The van der Waals surface area contributed by atoms with Crippen LogP contribution in [0.3, 0.4) is 0 Å². The molecule has 0 amide bonds. The lowest BCUT2D eigenvalue weighted by Crippen LogP contribution is -2.23. The molecular formula is C25H14N2O2S. The maximum absolute atomic E-state index is 13.4. The standard InChI is InChI=1S/C25H14N2O2S/c28-25-22-21(16-7-5-13-26-14-16)18-12-11-15-6-1-2-8-17(15)23(18)29-24(22)27-19-9-3-4-10-20(19)30-25/h1-14H. The van der Waals surface area contributed by atoms with Crippen LogP contribution in [0.15, 0.2) is 101 Å². The fraction of sp³-hybridized carbons (Fsp3) is 0. The van der Waals surface area contributed by atoms with Crippen LogP contribution in [0.5, 0.6) is 5.75 Å². The maximum Gasteiger partial charge on any atom is 0.232 e. The fourth-order valence-electron chi connectivity index (χ4n) is 3.91. The van der Waals surface area contributed by atoms with Gasteiger partial charge in [-0.2, -0.15) is 0 Å². The minimum atomic E-state index is -0.0867. The number of fused-ring (bicyclic) bond motifs is 5. The van der Waals surface area contributed by atoms with Gasteiger partial charge in [-0.25, -0.2) is 4.99 Å². The molecule has 6 rings (SSSR count). The predicted octanol–water partition coefficient (Wildman–Crippen LogP) is 5.79. The van der Waals surface area contributed by atoms with E-state index in [0.29, 0.717) is 17.2 Å². The lowest BCUT2D eigenvalue weighted by atomic mass is 9.89. The van der Waals surface area contributed by atoms with Gasteiger partial charge in [0.1, 0.15) is 11.3 Å². The van der Waals surface area contributed by atoms with Crippen molar-refractivity contribution in [1.82, 2.24) is 4.98 Å². The van der Waals surface area contributed by atoms with Crippen LogP contribution in [0.1, 0.15) is 11.1 Å². The number of thioether (sulfide) groups is 1. The highest BCUT2D eigenvalue weighted by Crippen LogP contribution is 2.46. The van der Waals surface area contributed by atoms with E-state index in [1.807, 2.05) is 66.7 Å². The summed E-state index contributed by atoms with van der Waals surface area (Å²) in [5.41, 5.74) is 3.75. The molecule has 1 aromatic heterocycles. The summed E-state index contributed by atoms with van der Waals surface area (Å²) in [4.78, 5) is 23.3. The molecule has 0 N–H and O–H groups in total. The van der Waals surface area contributed by atoms with Crippen molar-refractivity contribution in [1.29, 1.82) is 0 Å². The van der Waals surface area contributed by atoms with Gasteiger partial charge in [0.05, 0.1) is 5.69 Å². The Hall–Kier alpha value is -3.70. The molecule has 0 atom stereocenters. The van der Waals surface area contributed by atoms with Crippen LogP contribution in [0, 0.1) is 0 Å². The molecule has 142 valence electrons. The highest BCUT2D eigenvalue weighted by molar-refractivity contribution is 8.14. The summed E-state index contributed by atoms with van der Waals surface area (Å²) >= 11 is 1.18. The van der Waals surface area contributed by atoms with E-state index in [1.54, 1.807) is 12.4 Å². The Kier molecular flexibility index (Phi) is 3.82. The van der Waals surface area contributed by atoms with Crippen LogP contribution in [0.25, 0.3) is 16.3 Å². The van der Waals surface area contributed by atoms with E-state index in [4.69, 9.17) is 9.73 Å². The molecule has 0 saturated carbocycles. The molecule has 4 nitrogen and oxygen atoms in total. The number of hydrogen-bond donors (Lipinski definition) is 0. The van der Waals surface area contributed by atoms with E-state index < -0.39 is 0 Å². The highest BCUT2D eigenvalue weighted by Gasteiger charge is 2.35. The summed E-state index contributed by atoms with van der Waals surface area (Å²) in [6, 6.07) is 23.6. The first-order chi connectivity index (χ1) is 14.8. The van der Waals surface area contributed by atoms with Gasteiger partial charge in [0.25, 0.3) is 0 Å². The largest absolute Gasteiger partial charge is 0.437 e.